The summed E-state index contributed by atoms with van der Waals surface area (Å²) in [5.74, 6) is -1.44. The number of aryl methyl sites for hydroxylation is 1. The quantitative estimate of drug-likeness (QED) is 0.670. The van der Waals surface area contributed by atoms with E-state index in [4.69, 9.17) is 4.74 Å². The van der Waals surface area contributed by atoms with Crippen LogP contribution in [0.1, 0.15) is 37.3 Å². The van der Waals surface area contributed by atoms with Crippen molar-refractivity contribution in [1.82, 2.24) is 5.32 Å². The van der Waals surface area contributed by atoms with Crippen LogP contribution in [0, 0.1) is 6.92 Å². The minimum Gasteiger partial charge on any atom is -0.372 e. The van der Waals surface area contributed by atoms with Crippen LogP contribution >= 0.6 is 0 Å². The van der Waals surface area contributed by atoms with E-state index in [-0.39, 0.29) is 12.5 Å². The highest BCUT2D eigenvalue weighted by Gasteiger charge is 2.31. The third-order valence-corrected chi connectivity index (χ3v) is 5.83. The average Bonchev–Trinajstić information content (AvgIpc) is 3.22. The molecule has 3 rings (SSSR count). The SMILES string of the molecule is CCC(CNC(=O)C(=O)Nc1ccc(C)c(N2CCCC2=O)c1)(OC)c1ccccc1. The minimum absolute atomic E-state index is 0.0701. The predicted octanol–water partition coefficient (Wildman–Crippen LogP) is 3.13. The van der Waals surface area contributed by atoms with Gasteiger partial charge in [-0.2, -0.15) is 0 Å². The zero-order chi connectivity index (χ0) is 22.4. The van der Waals surface area contributed by atoms with Gasteiger partial charge < -0.3 is 20.3 Å². The highest BCUT2D eigenvalue weighted by molar-refractivity contribution is 6.39. The second-order valence-electron chi connectivity index (χ2n) is 7.70. The number of nitrogens with zero attached hydrogens (tertiary/aromatic N) is 1. The maximum atomic E-state index is 12.5. The van der Waals surface area contributed by atoms with Crippen molar-refractivity contribution in [3.05, 3.63) is 59.7 Å². The third kappa shape index (κ3) is 4.94. The maximum absolute atomic E-state index is 12.5. The van der Waals surface area contributed by atoms with Gasteiger partial charge in [-0.1, -0.05) is 43.3 Å². The lowest BCUT2D eigenvalue weighted by Crippen LogP contribution is -2.45. The molecule has 2 aromatic carbocycles. The third-order valence-electron chi connectivity index (χ3n) is 5.83. The molecule has 1 aliphatic heterocycles. The van der Waals surface area contributed by atoms with Crippen LogP contribution in [0.2, 0.25) is 0 Å². The summed E-state index contributed by atoms with van der Waals surface area (Å²) < 4.78 is 5.73. The van der Waals surface area contributed by atoms with E-state index in [0.717, 1.165) is 23.2 Å². The standard InChI is InChI=1S/C24H29N3O4/c1-4-24(31-3,18-9-6-5-7-10-18)16-25-22(29)23(30)26-19-13-12-17(2)20(15-19)27-14-8-11-21(27)28/h5-7,9-10,12-13,15H,4,8,11,14,16H2,1-3H3,(H,25,29)(H,26,30). The number of benzene rings is 2. The van der Waals surface area contributed by atoms with Gasteiger partial charge in [0.2, 0.25) is 5.91 Å². The lowest BCUT2D eigenvalue weighted by Gasteiger charge is -2.32. The molecule has 7 heteroatoms. The summed E-state index contributed by atoms with van der Waals surface area (Å²) in [5, 5.41) is 5.32. The molecule has 0 bridgehead atoms. The number of carbonyl (C=O) groups excluding carboxylic acids is 3. The highest BCUT2D eigenvalue weighted by Crippen LogP contribution is 2.29. The zero-order valence-electron chi connectivity index (χ0n) is 18.2. The fraction of sp³-hybridized carbons (Fsp3) is 0.375. The van der Waals surface area contributed by atoms with E-state index in [2.05, 4.69) is 10.6 Å². The van der Waals surface area contributed by atoms with E-state index in [1.54, 1.807) is 24.1 Å². The smallest absolute Gasteiger partial charge is 0.313 e. The molecule has 1 saturated heterocycles. The molecule has 31 heavy (non-hydrogen) atoms. The molecule has 1 heterocycles. The molecule has 2 aromatic rings. The first-order valence-electron chi connectivity index (χ1n) is 10.5. The molecule has 1 unspecified atom stereocenters. The molecule has 2 N–H and O–H groups in total. The molecule has 0 spiro atoms. The molecule has 0 saturated carbocycles. The summed E-state index contributed by atoms with van der Waals surface area (Å²) in [5.41, 5.74) is 2.38. The summed E-state index contributed by atoms with van der Waals surface area (Å²) in [4.78, 5) is 38.8. The maximum Gasteiger partial charge on any atom is 0.313 e. The Morgan fingerprint density at radius 3 is 2.48 bits per heavy atom. The molecule has 1 atom stereocenters. The topological polar surface area (TPSA) is 87.7 Å². The Labute approximate surface area is 182 Å². The van der Waals surface area contributed by atoms with Crippen molar-refractivity contribution in [2.75, 3.05) is 30.4 Å². The molecule has 0 radical (unpaired) electrons. The van der Waals surface area contributed by atoms with E-state index >= 15 is 0 Å². The van der Waals surface area contributed by atoms with Crippen LogP contribution in [-0.2, 0) is 24.7 Å². The van der Waals surface area contributed by atoms with Crippen LogP contribution in [-0.4, -0.2) is 37.9 Å². The molecule has 1 fully saturated rings. The van der Waals surface area contributed by atoms with E-state index in [1.165, 1.54) is 0 Å². The lowest BCUT2D eigenvalue weighted by molar-refractivity contribution is -0.137. The first-order valence-corrected chi connectivity index (χ1v) is 10.5. The summed E-state index contributed by atoms with van der Waals surface area (Å²) >= 11 is 0. The lowest BCUT2D eigenvalue weighted by atomic mass is 9.90. The number of rotatable bonds is 7. The van der Waals surface area contributed by atoms with Crippen molar-refractivity contribution in [3.63, 3.8) is 0 Å². The molecular formula is C24H29N3O4. The van der Waals surface area contributed by atoms with Crippen LogP contribution in [0.15, 0.2) is 48.5 Å². The van der Waals surface area contributed by atoms with Crippen molar-refractivity contribution in [2.24, 2.45) is 0 Å². The number of hydrogen-bond acceptors (Lipinski definition) is 4. The number of ether oxygens (including phenoxy) is 1. The Kier molecular flexibility index (Phi) is 7.07. The van der Waals surface area contributed by atoms with Crippen molar-refractivity contribution in [3.8, 4) is 0 Å². The van der Waals surface area contributed by atoms with Crippen molar-refractivity contribution in [1.29, 1.82) is 0 Å². The fourth-order valence-corrected chi connectivity index (χ4v) is 3.88. The zero-order valence-corrected chi connectivity index (χ0v) is 18.2. The second kappa shape index (κ2) is 9.75. The van der Waals surface area contributed by atoms with Crippen molar-refractivity contribution >= 4 is 29.1 Å². The normalized spacial score (nSPS) is 15.5. The first kappa shape index (κ1) is 22.5. The van der Waals surface area contributed by atoms with E-state index < -0.39 is 17.4 Å². The van der Waals surface area contributed by atoms with Gasteiger partial charge in [0, 0.05) is 31.5 Å². The second-order valence-corrected chi connectivity index (χ2v) is 7.70. The molecule has 0 aromatic heterocycles. The van der Waals surface area contributed by atoms with E-state index in [1.807, 2.05) is 50.2 Å². The molecule has 3 amide bonds. The van der Waals surface area contributed by atoms with Crippen molar-refractivity contribution < 1.29 is 19.1 Å². The van der Waals surface area contributed by atoms with Gasteiger partial charge in [-0.3, -0.25) is 14.4 Å². The molecule has 0 aliphatic carbocycles. The number of carbonyl (C=O) groups is 3. The first-order chi connectivity index (χ1) is 14.9. The van der Waals surface area contributed by atoms with Gasteiger partial charge in [0.1, 0.15) is 5.60 Å². The van der Waals surface area contributed by atoms with Crippen LogP contribution in [0.3, 0.4) is 0 Å². The number of nitrogens with one attached hydrogen (secondary N) is 2. The van der Waals surface area contributed by atoms with Gasteiger partial charge in [-0.25, -0.2) is 0 Å². The summed E-state index contributed by atoms with van der Waals surface area (Å²) in [6, 6.07) is 14.9. The van der Waals surface area contributed by atoms with Crippen LogP contribution in [0.5, 0.6) is 0 Å². The van der Waals surface area contributed by atoms with Gasteiger partial charge in [0.05, 0.1) is 6.54 Å². The highest BCUT2D eigenvalue weighted by atomic mass is 16.5. The Hall–Kier alpha value is -3.19. The van der Waals surface area contributed by atoms with Crippen LogP contribution < -0.4 is 15.5 Å². The van der Waals surface area contributed by atoms with Crippen LogP contribution in [0.25, 0.3) is 0 Å². The minimum atomic E-state index is -0.767. The van der Waals surface area contributed by atoms with Crippen molar-refractivity contribution in [2.45, 2.75) is 38.7 Å². The largest absolute Gasteiger partial charge is 0.372 e. The van der Waals surface area contributed by atoms with E-state index in [9.17, 15) is 14.4 Å². The van der Waals surface area contributed by atoms with Gasteiger partial charge in [-0.15, -0.1) is 0 Å². The van der Waals surface area contributed by atoms with Gasteiger partial charge in [0.25, 0.3) is 0 Å². The Bertz CT molecular complexity index is 955. The van der Waals surface area contributed by atoms with Gasteiger partial charge in [-0.05, 0) is 43.0 Å². The molecule has 7 nitrogen and oxygen atoms in total. The van der Waals surface area contributed by atoms with Crippen LogP contribution in [0.4, 0.5) is 11.4 Å². The number of amides is 3. The molecule has 1 aliphatic rings. The van der Waals surface area contributed by atoms with Gasteiger partial charge in [0.15, 0.2) is 0 Å². The number of methoxy groups -OCH3 is 1. The Morgan fingerprint density at radius 1 is 1.13 bits per heavy atom. The summed E-state index contributed by atoms with van der Waals surface area (Å²) in [6.07, 6.45) is 1.97. The number of hydrogen-bond donors (Lipinski definition) is 2. The molecule has 164 valence electrons. The van der Waals surface area contributed by atoms with Gasteiger partial charge >= 0.3 is 11.8 Å². The molecular weight excluding hydrogens is 394 g/mol. The Morgan fingerprint density at radius 2 is 1.87 bits per heavy atom. The van der Waals surface area contributed by atoms with E-state index in [0.29, 0.717) is 25.1 Å². The summed E-state index contributed by atoms with van der Waals surface area (Å²) in [7, 11) is 1.59. The predicted molar refractivity (Wildman–Crippen MR) is 120 cm³/mol. The number of anilines is 2. The Balaban J connectivity index is 1.67. The average molecular weight is 424 g/mol. The summed E-state index contributed by atoms with van der Waals surface area (Å²) in [6.45, 7) is 4.71. The monoisotopic (exact) mass is 423 g/mol. The fourth-order valence-electron chi connectivity index (χ4n) is 3.88.